The summed E-state index contributed by atoms with van der Waals surface area (Å²) in [6, 6.07) is 3.51. The predicted octanol–water partition coefficient (Wildman–Crippen LogP) is 3.80. The van der Waals surface area contributed by atoms with E-state index in [0.29, 0.717) is 21.7 Å². The fourth-order valence-electron chi connectivity index (χ4n) is 2.10. The van der Waals surface area contributed by atoms with Crippen molar-refractivity contribution in [3.8, 4) is 5.75 Å². The van der Waals surface area contributed by atoms with Crippen LogP contribution in [0.15, 0.2) is 12.1 Å². The van der Waals surface area contributed by atoms with Gasteiger partial charge in [0.15, 0.2) is 0 Å². The minimum Gasteiger partial charge on any atom is -0.495 e. The molecule has 0 bridgehead atoms. The maximum Gasteiger partial charge on any atom is 0.142 e. The standard InChI is InChI=1S/C12H15Cl2NO/c1-16-12-9(5-8(13)6-10(12)14)11(15)7-3-2-4-7/h5-7,11H,2-4,15H2,1H3. The van der Waals surface area contributed by atoms with E-state index in [0.717, 1.165) is 5.56 Å². The molecule has 0 aromatic heterocycles. The van der Waals surface area contributed by atoms with Crippen LogP contribution in [0.3, 0.4) is 0 Å². The van der Waals surface area contributed by atoms with Crippen molar-refractivity contribution in [2.45, 2.75) is 25.3 Å². The van der Waals surface area contributed by atoms with E-state index in [1.165, 1.54) is 19.3 Å². The summed E-state index contributed by atoms with van der Waals surface area (Å²) in [5.41, 5.74) is 7.14. The van der Waals surface area contributed by atoms with E-state index in [1.807, 2.05) is 6.07 Å². The molecule has 1 saturated carbocycles. The molecule has 1 atom stereocenters. The second-order valence-electron chi connectivity index (χ2n) is 4.23. The molecule has 1 aromatic carbocycles. The quantitative estimate of drug-likeness (QED) is 0.897. The van der Waals surface area contributed by atoms with Crippen LogP contribution in [0, 0.1) is 5.92 Å². The lowest BCUT2D eigenvalue weighted by Gasteiger charge is -2.32. The van der Waals surface area contributed by atoms with Gasteiger partial charge in [0.2, 0.25) is 0 Å². The Morgan fingerprint density at radius 3 is 2.56 bits per heavy atom. The van der Waals surface area contributed by atoms with Gasteiger partial charge in [0.25, 0.3) is 0 Å². The molecule has 0 heterocycles. The van der Waals surface area contributed by atoms with Crippen LogP contribution in [0.2, 0.25) is 10.0 Å². The smallest absolute Gasteiger partial charge is 0.142 e. The van der Waals surface area contributed by atoms with Crippen molar-refractivity contribution in [2.24, 2.45) is 11.7 Å². The van der Waals surface area contributed by atoms with Gasteiger partial charge in [-0.15, -0.1) is 0 Å². The largest absolute Gasteiger partial charge is 0.495 e. The number of rotatable bonds is 3. The minimum atomic E-state index is -0.0279. The normalized spacial score (nSPS) is 18.0. The minimum absolute atomic E-state index is 0.0279. The van der Waals surface area contributed by atoms with Crippen LogP contribution in [0.25, 0.3) is 0 Å². The van der Waals surface area contributed by atoms with E-state index < -0.39 is 0 Å². The number of nitrogens with two attached hydrogens (primary N) is 1. The maximum atomic E-state index is 6.22. The van der Waals surface area contributed by atoms with Gasteiger partial charge in [-0.25, -0.2) is 0 Å². The van der Waals surface area contributed by atoms with Gasteiger partial charge < -0.3 is 10.5 Å². The molecule has 1 aliphatic carbocycles. The van der Waals surface area contributed by atoms with E-state index in [4.69, 9.17) is 33.7 Å². The maximum absolute atomic E-state index is 6.22. The number of halogens is 2. The van der Waals surface area contributed by atoms with E-state index in [1.54, 1.807) is 13.2 Å². The average Bonchev–Trinajstić information content (AvgIpc) is 2.13. The van der Waals surface area contributed by atoms with Gasteiger partial charge >= 0.3 is 0 Å². The zero-order valence-corrected chi connectivity index (χ0v) is 10.7. The number of hydrogen-bond acceptors (Lipinski definition) is 2. The van der Waals surface area contributed by atoms with Crippen molar-refractivity contribution in [1.82, 2.24) is 0 Å². The van der Waals surface area contributed by atoms with Crippen LogP contribution in [0.4, 0.5) is 0 Å². The highest BCUT2D eigenvalue weighted by Gasteiger charge is 2.28. The Hall–Kier alpha value is -0.440. The number of benzene rings is 1. The van der Waals surface area contributed by atoms with Gasteiger partial charge in [-0.3, -0.25) is 0 Å². The molecule has 4 heteroatoms. The molecule has 0 radical (unpaired) electrons. The molecule has 1 unspecified atom stereocenters. The molecular formula is C12H15Cl2NO. The van der Waals surface area contributed by atoms with Gasteiger partial charge in [0.1, 0.15) is 5.75 Å². The Kier molecular flexibility index (Phi) is 3.63. The van der Waals surface area contributed by atoms with Crippen molar-refractivity contribution in [2.75, 3.05) is 7.11 Å². The molecule has 2 nitrogen and oxygen atoms in total. The Balaban J connectivity index is 2.36. The first-order valence-corrected chi connectivity index (χ1v) is 6.17. The van der Waals surface area contributed by atoms with Crippen LogP contribution < -0.4 is 10.5 Å². The zero-order chi connectivity index (χ0) is 11.7. The second kappa shape index (κ2) is 4.82. The summed E-state index contributed by atoms with van der Waals surface area (Å²) >= 11 is 12.1. The first kappa shape index (κ1) is 12.0. The van der Waals surface area contributed by atoms with Crippen molar-refractivity contribution in [1.29, 1.82) is 0 Å². The average molecular weight is 260 g/mol. The van der Waals surface area contributed by atoms with Crippen LogP contribution in [-0.2, 0) is 0 Å². The number of methoxy groups -OCH3 is 1. The summed E-state index contributed by atoms with van der Waals surface area (Å²) in [6.45, 7) is 0. The molecule has 0 spiro atoms. The van der Waals surface area contributed by atoms with E-state index in [2.05, 4.69) is 0 Å². The van der Waals surface area contributed by atoms with Gasteiger partial charge in [0.05, 0.1) is 12.1 Å². The Morgan fingerprint density at radius 1 is 1.38 bits per heavy atom. The third-order valence-electron chi connectivity index (χ3n) is 3.26. The van der Waals surface area contributed by atoms with Gasteiger partial charge in [0, 0.05) is 16.6 Å². The third kappa shape index (κ3) is 2.15. The third-order valence-corrected chi connectivity index (χ3v) is 3.76. The summed E-state index contributed by atoms with van der Waals surface area (Å²) in [7, 11) is 1.60. The summed E-state index contributed by atoms with van der Waals surface area (Å²) in [4.78, 5) is 0. The molecular weight excluding hydrogens is 245 g/mol. The summed E-state index contributed by atoms with van der Waals surface area (Å²) in [6.07, 6.45) is 3.61. The van der Waals surface area contributed by atoms with Gasteiger partial charge in [-0.05, 0) is 30.9 Å². The Labute approximate surface area is 106 Å². The molecule has 2 N–H and O–H groups in total. The molecule has 88 valence electrons. The molecule has 0 saturated heterocycles. The lowest BCUT2D eigenvalue weighted by atomic mass is 9.77. The van der Waals surface area contributed by atoms with Crippen molar-refractivity contribution < 1.29 is 4.74 Å². The molecule has 0 aliphatic heterocycles. The number of hydrogen-bond donors (Lipinski definition) is 1. The molecule has 1 aliphatic rings. The van der Waals surface area contributed by atoms with Crippen molar-refractivity contribution >= 4 is 23.2 Å². The fourth-order valence-corrected chi connectivity index (χ4v) is 2.68. The van der Waals surface area contributed by atoms with E-state index >= 15 is 0 Å². The van der Waals surface area contributed by atoms with E-state index in [9.17, 15) is 0 Å². The summed E-state index contributed by atoms with van der Waals surface area (Å²) in [5.74, 6) is 1.19. The zero-order valence-electron chi connectivity index (χ0n) is 9.17. The SMILES string of the molecule is COc1c(Cl)cc(Cl)cc1C(N)C1CCC1. The highest BCUT2D eigenvalue weighted by atomic mass is 35.5. The lowest BCUT2D eigenvalue weighted by molar-refractivity contribution is 0.259. The molecule has 0 amide bonds. The van der Waals surface area contributed by atoms with Crippen LogP contribution in [-0.4, -0.2) is 7.11 Å². The van der Waals surface area contributed by atoms with Crippen LogP contribution in [0.1, 0.15) is 30.9 Å². The monoisotopic (exact) mass is 259 g/mol. The molecule has 16 heavy (non-hydrogen) atoms. The molecule has 1 aromatic rings. The molecule has 2 rings (SSSR count). The second-order valence-corrected chi connectivity index (χ2v) is 5.07. The first-order valence-electron chi connectivity index (χ1n) is 5.42. The van der Waals surface area contributed by atoms with Gasteiger partial charge in [-0.2, -0.15) is 0 Å². The van der Waals surface area contributed by atoms with Crippen LogP contribution >= 0.6 is 23.2 Å². The summed E-state index contributed by atoms with van der Waals surface area (Å²) < 4.78 is 5.30. The van der Waals surface area contributed by atoms with Crippen molar-refractivity contribution in [3.05, 3.63) is 27.7 Å². The molecule has 1 fully saturated rings. The Morgan fingerprint density at radius 2 is 2.06 bits per heavy atom. The lowest BCUT2D eigenvalue weighted by Crippen LogP contribution is -2.27. The van der Waals surface area contributed by atoms with E-state index in [-0.39, 0.29) is 6.04 Å². The van der Waals surface area contributed by atoms with Gasteiger partial charge in [-0.1, -0.05) is 29.6 Å². The fraction of sp³-hybridized carbons (Fsp3) is 0.500. The topological polar surface area (TPSA) is 35.2 Å². The highest BCUT2D eigenvalue weighted by Crippen LogP contribution is 2.42. The number of ether oxygens (including phenoxy) is 1. The van der Waals surface area contributed by atoms with Crippen LogP contribution in [0.5, 0.6) is 5.75 Å². The summed E-state index contributed by atoms with van der Waals surface area (Å²) in [5, 5.41) is 1.13. The first-order chi connectivity index (χ1) is 7.63. The Bertz CT molecular complexity index is 391. The van der Waals surface area contributed by atoms with Crippen molar-refractivity contribution in [3.63, 3.8) is 0 Å². The highest BCUT2D eigenvalue weighted by molar-refractivity contribution is 6.35. The predicted molar refractivity (Wildman–Crippen MR) is 67.3 cm³/mol.